The molecule has 1 rings (SSSR count). The van der Waals surface area contributed by atoms with Crippen LogP contribution in [0.5, 0.6) is 0 Å². The van der Waals surface area contributed by atoms with Crippen LogP contribution in [0.1, 0.15) is 28.7 Å². The molecule has 2 N–H and O–H groups in total. The molecule has 0 saturated carbocycles. The van der Waals surface area contributed by atoms with Crippen molar-refractivity contribution in [3.8, 4) is 0 Å². The van der Waals surface area contributed by atoms with Crippen LogP contribution in [0, 0.1) is 13.8 Å². The summed E-state index contributed by atoms with van der Waals surface area (Å²) in [6.07, 6.45) is 0. The number of amides is 1. The van der Waals surface area contributed by atoms with E-state index in [1.165, 1.54) is 0 Å². The van der Waals surface area contributed by atoms with E-state index in [2.05, 4.69) is 15.6 Å². The highest BCUT2D eigenvalue weighted by atomic mass is 16.1. The van der Waals surface area contributed by atoms with Gasteiger partial charge in [-0.25, -0.2) is 0 Å². The van der Waals surface area contributed by atoms with Crippen LogP contribution in [0.15, 0.2) is 12.1 Å². The summed E-state index contributed by atoms with van der Waals surface area (Å²) in [5, 5.41) is 6.00. The van der Waals surface area contributed by atoms with Gasteiger partial charge < -0.3 is 10.6 Å². The maximum absolute atomic E-state index is 11.8. The van der Waals surface area contributed by atoms with Crippen molar-refractivity contribution in [1.82, 2.24) is 15.6 Å². The maximum atomic E-state index is 11.8. The van der Waals surface area contributed by atoms with Gasteiger partial charge in [0, 0.05) is 18.8 Å². The second-order valence-electron chi connectivity index (χ2n) is 3.70. The third-order valence-corrected chi connectivity index (χ3v) is 2.31. The van der Waals surface area contributed by atoms with E-state index in [0.29, 0.717) is 12.1 Å². The number of hydrogen-bond acceptors (Lipinski definition) is 3. The molecule has 1 aromatic rings. The van der Waals surface area contributed by atoms with Gasteiger partial charge in [0.1, 0.15) is 0 Å². The summed E-state index contributed by atoms with van der Waals surface area (Å²) in [5.41, 5.74) is 2.37. The summed E-state index contributed by atoms with van der Waals surface area (Å²) >= 11 is 0. The van der Waals surface area contributed by atoms with Crippen LogP contribution in [0.2, 0.25) is 0 Å². The minimum atomic E-state index is -0.0529. The predicted octanol–water partition coefficient (Wildman–Crippen LogP) is 1.04. The lowest BCUT2D eigenvalue weighted by Gasteiger charge is -2.07. The van der Waals surface area contributed by atoms with Crippen molar-refractivity contribution in [3.63, 3.8) is 0 Å². The average Bonchev–Trinajstić information content (AvgIpc) is 2.24. The minimum Gasteiger partial charge on any atom is -0.351 e. The van der Waals surface area contributed by atoms with Crippen LogP contribution in [0.25, 0.3) is 0 Å². The Bertz CT molecular complexity index is 363. The Kier molecular flexibility index (Phi) is 4.92. The molecular formula is C12H19N3O. The largest absolute Gasteiger partial charge is 0.351 e. The predicted molar refractivity (Wildman–Crippen MR) is 64.6 cm³/mol. The highest BCUT2D eigenvalue weighted by Crippen LogP contribution is 2.05. The van der Waals surface area contributed by atoms with Gasteiger partial charge in [0.2, 0.25) is 0 Å². The van der Waals surface area contributed by atoms with Crippen LogP contribution < -0.4 is 10.6 Å². The van der Waals surface area contributed by atoms with Gasteiger partial charge in [-0.3, -0.25) is 9.78 Å². The fourth-order valence-electron chi connectivity index (χ4n) is 1.46. The molecule has 1 heterocycles. The molecule has 4 heteroatoms. The van der Waals surface area contributed by atoms with Gasteiger partial charge >= 0.3 is 0 Å². The lowest BCUT2D eigenvalue weighted by atomic mass is 10.2. The van der Waals surface area contributed by atoms with Gasteiger partial charge in [-0.2, -0.15) is 0 Å². The van der Waals surface area contributed by atoms with E-state index >= 15 is 0 Å². The third-order valence-electron chi connectivity index (χ3n) is 2.31. The van der Waals surface area contributed by atoms with E-state index in [4.69, 9.17) is 0 Å². The number of nitrogens with one attached hydrogen (secondary N) is 2. The Labute approximate surface area is 96.5 Å². The maximum Gasteiger partial charge on any atom is 0.253 e. The summed E-state index contributed by atoms with van der Waals surface area (Å²) < 4.78 is 0. The SMILES string of the molecule is CCNCCNC(=O)c1ccc(C)nc1C. The molecule has 0 saturated heterocycles. The van der Waals surface area contributed by atoms with Gasteiger partial charge in [0.15, 0.2) is 0 Å². The first-order valence-corrected chi connectivity index (χ1v) is 5.58. The second-order valence-corrected chi connectivity index (χ2v) is 3.70. The van der Waals surface area contributed by atoms with E-state index in [-0.39, 0.29) is 5.91 Å². The average molecular weight is 221 g/mol. The third kappa shape index (κ3) is 3.62. The molecule has 88 valence electrons. The van der Waals surface area contributed by atoms with Crippen molar-refractivity contribution in [2.75, 3.05) is 19.6 Å². The van der Waals surface area contributed by atoms with Gasteiger partial charge in [-0.05, 0) is 32.5 Å². The topological polar surface area (TPSA) is 54.0 Å². The second kappa shape index (κ2) is 6.23. The number of aryl methyl sites for hydroxylation is 2. The highest BCUT2D eigenvalue weighted by Gasteiger charge is 2.08. The van der Waals surface area contributed by atoms with Crippen LogP contribution in [-0.2, 0) is 0 Å². The number of pyridine rings is 1. The Morgan fingerprint density at radius 2 is 2.06 bits per heavy atom. The highest BCUT2D eigenvalue weighted by molar-refractivity contribution is 5.95. The zero-order chi connectivity index (χ0) is 12.0. The van der Waals surface area contributed by atoms with Crippen LogP contribution in [0.3, 0.4) is 0 Å². The quantitative estimate of drug-likeness (QED) is 0.730. The number of aromatic nitrogens is 1. The Morgan fingerprint density at radius 3 is 2.69 bits per heavy atom. The van der Waals surface area contributed by atoms with Gasteiger partial charge in [0.05, 0.1) is 11.3 Å². The standard InChI is InChI=1S/C12H19N3O/c1-4-13-7-8-14-12(16)11-6-5-9(2)15-10(11)3/h5-6,13H,4,7-8H2,1-3H3,(H,14,16). The monoisotopic (exact) mass is 221 g/mol. The fraction of sp³-hybridized carbons (Fsp3) is 0.500. The first-order chi connectivity index (χ1) is 7.65. The smallest absolute Gasteiger partial charge is 0.253 e. The van der Waals surface area contributed by atoms with Crippen molar-refractivity contribution in [1.29, 1.82) is 0 Å². The Morgan fingerprint density at radius 1 is 1.31 bits per heavy atom. The summed E-state index contributed by atoms with van der Waals surface area (Å²) in [6, 6.07) is 3.67. The van der Waals surface area contributed by atoms with E-state index in [1.54, 1.807) is 0 Å². The molecule has 0 atom stereocenters. The lowest BCUT2D eigenvalue weighted by Crippen LogP contribution is -2.32. The van der Waals surface area contributed by atoms with Crippen LogP contribution >= 0.6 is 0 Å². The molecule has 0 aliphatic heterocycles. The molecule has 0 spiro atoms. The molecule has 0 aliphatic rings. The molecule has 1 amide bonds. The molecule has 0 radical (unpaired) electrons. The molecule has 4 nitrogen and oxygen atoms in total. The summed E-state index contributed by atoms with van der Waals surface area (Å²) in [6.45, 7) is 8.16. The number of carbonyl (C=O) groups excluding carboxylic acids is 1. The number of rotatable bonds is 5. The van der Waals surface area contributed by atoms with E-state index < -0.39 is 0 Å². The lowest BCUT2D eigenvalue weighted by molar-refractivity contribution is 0.0953. The number of hydrogen-bond donors (Lipinski definition) is 2. The molecular weight excluding hydrogens is 202 g/mol. The van der Waals surface area contributed by atoms with E-state index in [1.807, 2.05) is 32.9 Å². The van der Waals surface area contributed by atoms with Crippen LogP contribution in [0.4, 0.5) is 0 Å². The number of nitrogens with zero attached hydrogens (tertiary/aromatic N) is 1. The molecule has 0 unspecified atom stereocenters. The van der Waals surface area contributed by atoms with E-state index in [0.717, 1.165) is 24.5 Å². The van der Waals surface area contributed by atoms with E-state index in [9.17, 15) is 4.79 Å². The zero-order valence-electron chi connectivity index (χ0n) is 10.1. The normalized spacial score (nSPS) is 10.2. The summed E-state index contributed by atoms with van der Waals surface area (Å²) in [5.74, 6) is -0.0529. The molecule has 1 aromatic heterocycles. The van der Waals surface area contributed by atoms with Crippen LogP contribution in [-0.4, -0.2) is 30.5 Å². The fourth-order valence-corrected chi connectivity index (χ4v) is 1.46. The van der Waals surface area contributed by atoms with Gasteiger partial charge in [-0.15, -0.1) is 0 Å². The van der Waals surface area contributed by atoms with Crippen molar-refractivity contribution in [2.24, 2.45) is 0 Å². The van der Waals surface area contributed by atoms with Gasteiger partial charge in [-0.1, -0.05) is 6.92 Å². The molecule has 0 aromatic carbocycles. The first kappa shape index (κ1) is 12.6. The zero-order valence-corrected chi connectivity index (χ0v) is 10.1. The minimum absolute atomic E-state index is 0.0529. The van der Waals surface area contributed by atoms with Crippen molar-refractivity contribution in [3.05, 3.63) is 29.1 Å². The van der Waals surface area contributed by atoms with Gasteiger partial charge in [0.25, 0.3) is 5.91 Å². The Hall–Kier alpha value is -1.42. The van der Waals surface area contributed by atoms with Crippen molar-refractivity contribution in [2.45, 2.75) is 20.8 Å². The molecule has 0 bridgehead atoms. The van der Waals surface area contributed by atoms with Crippen molar-refractivity contribution >= 4 is 5.91 Å². The Balaban J connectivity index is 2.53. The molecule has 16 heavy (non-hydrogen) atoms. The summed E-state index contributed by atoms with van der Waals surface area (Å²) in [7, 11) is 0. The molecule has 0 aliphatic carbocycles. The molecule has 0 fully saturated rings. The summed E-state index contributed by atoms with van der Waals surface area (Å²) in [4.78, 5) is 16.0. The number of carbonyl (C=O) groups is 1. The number of likely N-dealkylation sites (N-methyl/N-ethyl adjacent to an activating group) is 1. The first-order valence-electron chi connectivity index (χ1n) is 5.58. The van der Waals surface area contributed by atoms with Crippen molar-refractivity contribution < 1.29 is 4.79 Å².